The zero-order chi connectivity index (χ0) is 13.2. The van der Waals surface area contributed by atoms with E-state index < -0.39 is 5.60 Å². The van der Waals surface area contributed by atoms with Crippen molar-refractivity contribution in [3.8, 4) is 0 Å². The zero-order valence-electron chi connectivity index (χ0n) is 11.5. The molecule has 1 saturated heterocycles. The SMILES string of the molecule is CCCC1(O)CN(c2nnc(CC)c(CC)n2)C1. The van der Waals surface area contributed by atoms with Crippen molar-refractivity contribution < 1.29 is 5.11 Å². The van der Waals surface area contributed by atoms with Crippen molar-refractivity contribution in [1.82, 2.24) is 15.2 Å². The molecule has 0 aromatic carbocycles. The van der Waals surface area contributed by atoms with Crippen LogP contribution in [-0.2, 0) is 12.8 Å². The summed E-state index contributed by atoms with van der Waals surface area (Å²) in [6.45, 7) is 7.48. The molecule has 0 aliphatic carbocycles. The molecule has 2 rings (SSSR count). The summed E-state index contributed by atoms with van der Waals surface area (Å²) in [6, 6.07) is 0. The summed E-state index contributed by atoms with van der Waals surface area (Å²) in [4.78, 5) is 6.55. The second kappa shape index (κ2) is 5.18. The molecule has 0 atom stereocenters. The lowest BCUT2D eigenvalue weighted by molar-refractivity contribution is 0.00232. The first-order chi connectivity index (χ1) is 8.61. The Morgan fingerprint density at radius 3 is 2.33 bits per heavy atom. The van der Waals surface area contributed by atoms with Gasteiger partial charge < -0.3 is 10.0 Å². The largest absolute Gasteiger partial charge is 0.386 e. The van der Waals surface area contributed by atoms with Crippen LogP contribution in [0, 0.1) is 0 Å². The Balaban J connectivity index is 2.08. The van der Waals surface area contributed by atoms with Crippen LogP contribution in [0.1, 0.15) is 45.0 Å². The van der Waals surface area contributed by atoms with Gasteiger partial charge in [-0.1, -0.05) is 27.2 Å². The molecule has 0 radical (unpaired) electrons. The van der Waals surface area contributed by atoms with E-state index in [1.807, 2.05) is 4.90 Å². The number of β-amino-alcohol motifs (C(OH)–C–C–N with tert-alkyl or cyclic N) is 1. The van der Waals surface area contributed by atoms with Crippen molar-refractivity contribution >= 4 is 5.95 Å². The van der Waals surface area contributed by atoms with Gasteiger partial charge in [-0.05, 0) is 19.3 Å². The average Bonchev–Trinajstić information content (AvgIpc) is 2.35. The highest BCUT2D eigenvalue weighted by Crippen LogP contribution is 2.28. The number of rotatable bonds is 5. The van der Waals surface area contributed by atoms with Gasteiger partial charge in [0.2, 0.25) is 5.95 Å². The first kappa shape index (κ1) is 13.2. The van der Waals surface area contributed by atoms with Crippen molar-refractivity contribution in [2.75, 3.05) is 18.0 Å². The molecular formula is C13H22N4O. The minimum absolute atomic E-state index is 0.548. The van der Waals surface area contributed by atoms with Gasteiger partial charge in [-0.3, -0.25) is 0 Å². The van der Waals surface area contributed by atoms with Gasteiger partial charge in [-0.25, -0.2) is 4.98 Å². The Morgan fingerprint density at radius 2 is 1.78 bits per heavy atom. The van der Waals surface area contributed by atoms with Crippen LogP contribution in [0.4, 0.5) is 5.95 Å². The van der Waals surface area contributed by atoms with Crippen molar-refractivity contribution in [1.29, 1.82) is 0 Å². The fourth-order valence-corrected chi connectivity index (χ4v) is 2.49. The maximum atomic E-state index is 10.2. The van der Waals surface area contributed by atoms with Crippen LogP contribution in [0.15, 0.2) is 0 Å². The number of hydrogen-bond acceptors (Lipinski definition) is 5. The maximum absolute atomic E-state index is 10.2. The predicted molar refractivity (Wildman–Crippen MR) is 70.7 cm³/mol. The standard InChI is InChI=1S/C13H22N4O/c1-4-7-13(18)8-17(9-13)12-14-10(5-2)11(6-3)15-16-12/h18H,4-9H2,1-3H3. The molecule has 0 bridgehead atoms. The molecule has 1 N–H and O–H groups in total. The van der Waals surface area contributed by atoms with E-state index in [1.54, 1.807) is 0 Å². The minimum Gasteiger partial charge on any atom is -0.386 e. The van der Waals surface area contributed by atoms with Gasteiger partial charge in [0, 0.05) is 0 Å². The third-order valence-corrected chi connectivity index (χ3v) is 3.47. The van der Waals surface area contributed by atoms with E-state index in [-0.39, 0.29) is 0 Å². The number of aliphatic hydroxyl groups is 1. The Bertz CT molecular complexity index is 415. The molecule has 5 heteroatoms. The third-order valence-electron chi connectivity index (χ3n) is 3.47. The van der Waals surface area contributed by atoms with Gasteiger partial charge in [0.1, 0.15) is 0 Å². The summed E-state index contributed by atoms with van der Waals surface area (Å²) in [7, 11) is 0. The predicted octanol–water partition coefficient (Wildman–Crippen LogP) is 1.35. The molecule has 100 valence electrons. The fourth-order valence-electron chi connectivity index (χ4n) is 2.49. The first-order valence-electron chi connectivity index (χ1n) is 6.81. The number of nitrogens with zero attached hydrogens (tertiary/aromatic N) is 4. The molecule has 1 aliphatic rings. The fraction of sp³-hybridized carbons (Fsp3) is 0.769. The summed E-state index contributed by atoms with van der Waals surface area (Å²) >= 11 is 0. The zero-order valence-corrected chi connectivity index (χ0v) is 11.5. The van der Waals surface area contributed by atoms with Gasteiger partial charge in [-0.15, -0.1) is 5.10 Å². The monoisotopic (exact) mass is 250 g/mol. The average molecular weight is 250 g/mol. The number of anilines is 1. The Hall–Kier alpha value is -1.23. The number of aromatic nitrogens is 3. The smallest absolute Gasteiger partial charge is 0.245 e. The van der Waals surface area contributed by atoms with E-state index in [9.17, 15) is 5.11 Å². The van der Waals surface area contributed by atoms with Gasteiger partial charge in [0.15, 0.2) is 0 Å². The highest BCUT2D eigenvalue weighted by Gasteiger charge is 2.41. The molecule has 18 heavy (non-hydrogen) atoms. The quantitative estimate of drug-likeness (QED) is 0.854. The number of hydrogen-bond donors (Lipinski definition) is 1. The molecule has 0 saturated carbocycles. The van der Waals surface area contributed by atoms with Crippen LogP contribution >= 0.6 is 0 Å². The van der Waals surface area contributed by atoms with E-state index >= 15 is 0 Å². The molecule has 1 aromatic heterocycles. The maximum Gasteiger partial charge on any atom is 0.245 e. The van der Waals surface area contributed by atoms with E-state index in [1.165, 1.54) is 0 Å². The van der Waals surface area contributed by atoms with Crippen LogP contribution in [0.3, 0.4) is 0 Å². The lowest BCUT2D eigenvalue weighted by atomic mass is 9.90. The molecule has 0 amide bonds. The highest BCUT2D eigenvalue weighted by molar-refractivity contribution is 5.37. The molecule has 5 nitrogen and oxygen atoms in total. The lowest BCUT2D eigenvalue weighted by Gasteiger charge is -2.46. The van der Waals surface area contributed by atoms with Crippen molar-refractivity contribution in [3.63, 3.8) is 0 Å². The molecule has 0 unspecified atom stereocenters. The summed E-state index contributed by atoms with van der Waals surface area (Å²) in [5.74, 6) is 0.657. The summed E-state index contributed by atoms with van der Waals surface area (Å²) in [6.07, 6.45) is 3.57. The summed E-state index contributed by atoms with van der Waals surface area (Å²) < 4.78 is 0. The van der Waals surface area contributed by atoms with Crippen molar-refractivity contribution in [2.24, 2.45) is 0 Å². The van der Waals surface area contributed by atoms with Crippen LogP contribution in [-0.4, -0.2) is 39.0 Å². The van der Waals surface area contributed by atoms with Gasteiger partial charge in [0.05, 0.1) is 30.1 Å². The van der Waals surface area contributed by atoms with Crippen molar-refractivity contribution in [3.05, 3.63) is 11.4 Å². The first-order valence-corrected chi connectivity index (χ1v) is 6.81. The molecule has 1 fully saturated rings. The minimum atomic E-state index is -0.548. The number of aryl methyl sites for hydroxylation is 2. The van der Waals surface area contributed by atoms with E-state index in [0.717, 1.165) is 37.1 Å². The molecular weight excluding hydrogens is 228 g/mol. The normalized spacial score (nSPS) is 17.7. The molecule has 1 aliphatic heterocycles. The van der Waals surface area contributed by atoms with Crippen LogP contribution < -0.4 is 4.90 Å². The molecule has 2 heterocycles. The van der Waals surface area contributed by atoms with Crippen LogP contribution in [0.5, 0.6) is 0 Å². The van der Waals surface area contributed by atoms with E-state index in [2.05, 4.69) is 36.0 Å². The van der Waals surface area contributed by atoms with Gasteiger partial charge in [0.25, 0.3) is 0 Å². The van der Waals surface area contributed by atoms with Crippen molar-refractivity contribution in [2.45, 2.75) is 52.1 Å². The highest BCUT2D eigenvalue weighted by atomic mass is 16.3. The molecule has 1 aromatic rings. The van der Waals surface area contributed by atoms with E-state index in [4.69, 9.17) is 0 Å². The molecule has 0 spiro atoms. The Labute approximate surface area is 108 Å². The second-order valence-electron chi connectivity index (χ2n) is 5.04. The van der Waals surface area contributed by atoms with Crippen LogP contribution in [0.2, 0.25) is 0 Å². The Morgan fingerprint density at radius 1 is 1.11 bits per heavy atom. The van der Waals surface area contributed by atoms with Gasteiger partial charge >= 0.3 is 0 Å². The summed E-state index contributed by atoms with van der Waals surface area (Å²) in [5, 5.41) is 18.5. The Kier molecular flexibility index (Phi) is 3.80. The van der Waals surface area contributed by atoms with Gasteiger partial charge in [-0.2, -0.15) is 5.10 Å². The summed E-state index contributed by atoms with van der Waals surface area (Å²) in [5.41, 5.74) is 1.45. The second-order valence-corrected chi connectivity index (χ2v) is 5.04. The van der Waals surface area contributed by atoms with E-state index in [0.29, 0.717) is 19.0 Å². The topological polar surface area (TPSA) is 62.1 Å². The third kappa shape index (κ3) is 2.46. The lowest BCUT2D eigenvalue weighted by Crippen LogP contribution is -2.62. The van der Waals surface area contributed by atoms with Crippen LogP contribution in [0.25, 0.3) is 0 Å².